The maximum absolute atomic E-state index is 9.16. The summed E-state index contributed by atoms with van der Waals surface area (Å²) in [5.41, 5.74) is 0.240. The molecule has 0 aromatic carbocycles. The van der Waals surface area contributed by atoms with Crippen LogP contribution in [0, 0.1) is 17.3 Å². The first-order valence-electron chi connectivity index (χ1n) is 4.54. The molecule has 0 amide bonds. The number of aliphatic hydroxyl groups excluding tert-OH is 1. The molecule has 0 bridgehead atoms. The fourth-order valence-corrected chi connectivity index (χ4v) is 1.59. The number of rotatable bonds is 3. The van der Waals surface area contributed by atoms with Gasteiger partial charge < -0.3 is 5.11 Å². The van der Waals surface area contributed by atoms with Crippen LogP contribution in [0.2, 0.25) is 0 Å². The second-order valence-electron chi connectivity index (χ2n) is 4.54. The fraction of sp³-hybridized carbons (Fsp3) is 1.00. The van der Waals surface area contributed by atoms with Gasteiger partial charge in [-0.3, -0.25) is 0 Å². The van der Waals surface area contributed by atoms with Gasteiger partial charge in [0.1, 0.15) is 0 Å². The molecule has 0 radical (unpaired) electrons. The van der Waals surface area contributed by atoms with Crippen molar-refractivity contribution in [3.05, 3.63) is 0 Å². The summed E-state index contributed by atoms with van der Waals surface area (Å²) in [6.07, 6.45) is 1.16. The lowest BCUT2D eigenvalue weighted by molar-refractivity contribution is 0.0837. The maximum atomic E-state index is 9.16. The Hall–Kier alpha value is -0.0400. The molecule has 2 atom stereocenters. The first kappa shape index (κ1) is 11.0. The molecule has 11 heavy (non-hydrogen) atoms. The van der Waals surface area contributed by atoms with Crippen molar-refractivity contribution in [1.29, 1.82) is 0 Å². The van der Waals surface area contributed by atoms with Crippen molar-refractivity contribution in [2.45, 2.75) is 41.0 Å². The van der Waals surface area contributed by atoms with E-state index in [2.05, 4.69) is 34.6 Å². The monoisotopic (exact) mass is 158 g/mol. The quantitative estimate of drug-likeness (QED) is 0.669. The van der Waals surface area contributed by atoms with Crippen molar-refractivity contribution in [1.82, 2.24) is 0 Å². The number of hydrogen-bond acceptors (Lipinski definition) is 1. The Morgan fingerprint density at radius 3 is 1.82 bits per heavy atom. The van der Waals surface area contributed by atoms with Crippen molar-refractivity contribution in [2.75, 3.05) is 6.61 Å². The van der Waals surface area contributed by atoms with Crippen LogP contribution < -0.4 is 0 Å². The summed E-state index contributed by atoms with van der Waals surface area (Å²) in [6, 6.07) is 0. The molecule has 0 aromatic heterocycles. The van der Waals surface area contributed by atoms with Gasteiger partial charge in [-0.2, -0.15) is 0 Å². The molecular weight excluding hydrogens is 136 g/mol. The van der Waals surface area contributed by atoms with Crippen LogP contribution in [0.5, 0.6) is 0 Å². The topological polar surface area (TPSA) is 20.2 Å². The predicted octanol–water partition coefficient (Wildman–Crippen LogP) is 2.69. The maximum Gasteiger partial charge on any atom is 0.0466 e. The molecule has 0 heterocycles. The average molecular weight is 158 g/mol. The van der Waals surface area contributed by atoms with Gasteiger partial charge in [-0.15, -0.1) is 0 Å². The van der Waals surface area contributed by atoms with Crippen molar-refractivity contribution < 1.29 is 5.11 Å². The van der Waals surface area contributed by atoms with Crippen LogP contribution in [-0.4, -0.2) is 11.7 Å². The van der Waals surface area contributed by atoms with Gasteiger partial charge in [0, 0.05) is 6.61 Å². The lowest BCUT2D eigenvalue weighted by Crippen LogP contribution is -2.29. The van der Waals surface area contributed by atoms with Crippen molar-refractivity contribution >= 4 is 0 Å². The van der Waals surface area contributed by atoms with Gasteiger partial charge in [-0.1, -0.05) is 41.0 Å². The van der Waals surface area contributed by atoms with Gasteiger partial charge in [-0.05, 0) is 17.3 Å². The minimum Gasteiger partial charge on any atom is -0.396 e. The Balaban J connectivity index is 4.16. The summed E-state index contributed by atoms with van der Waals surface area (Å²) >= 11 is 0. The third-order valence-electron chi connectivity index (χ3n) is 2.64. The average Bonchev–Trinajstić information content (AvgIpc) is 1.86. The molecule has 1 N–H and O–H groups in total. The first-order valence-corrected chi connectivity index (χ1v) is 4.54. The minimum absolute atomic E-state index is 0.240. The molecule has 0 aromatic rings. The summed E-state index contributed by atoms with van der Waals surface area (Å²) in [6.45, 7) is 11.3. The number of aliphatic hydroxyl groups is 1. The Labute approximate surface area is 70.8 Å². The van der Waals surface area contributed by atoms with E-state index in [0.29, 0.717) is 18.4 Å². The summed E-state index contributed by atoms with van der Waals surface area (Å²) in [5, 5.41) is 9.16. The standard InChI is InChI=1S/C10H22O/c1-6-8(2)9(7-11)10(3,4)5/h8-9,11H,6-7H2,1-5H3/t8-,9?/m0/s1. The van der Waals surface area contributed by atoms with Crippen LogP contribution >= 0.6 is 0 Å². The summed E-state index contributed by atoms with van der Waals surface area (Å²) in [7, 11) is 0. The molecule has 1 nitrogen and oxygen atoms in total. The Morgan fingerprint density at radius 2 is 1.73 bits per heavy atom. The van der Waals surface area contributed by atoms with E-state index in [1.165, 1.54) is 0 Å². The molecule has 0 saturated heterocycles. The molecule has 1 unspecified atom stereocenters. The third kappa shape index (κ3) is 3.24. The van der Waals surface area contributed by atoms with E-state index in [9.17, 15) is 0 Å². The lowest BCUT2D eigenvalue weighted by Gasteiger charge is -2.33. The van der Waals surface area contributed by atoms with Gasteiger partial charge in [-0.25, -0.2) is 0 Å². The van der Waals surface area contributed by atoms with Crippen LogP contribution in [0.4, 0.5) is 0 Å². The molecule has 0 rings (SSSR count). The zero-order valence-electron chi connectivity index (χ0n) is 8.52. The van der Waals surface area contributed by atoms with Crippen LogP contribution in [0.3, 0.4) is 0 Å². The largest absolute Gasteiger partial charge is 0.396 e. The highest BCUT2D eigenvalue weighted by atomic mass is 16.3. The van der Waals surface area contributed by atoms with E-state index in [-0.39, 0.29) is 5.41 Å². The normalized spacial score (nSPS) is 18.0. The second-order valence-corrected chi connectivity index (χ2v) is 4.54. The molecule has 0 spiro atoms. The van der Waals surface area contributed by atoms with E-state index < -0.39 is 0 Å². The zero-order chi connectivity index (χ0) is 9.07. The Kier molecular flexibility index (Phi) is 4.09. The fourth-order valence-electron chi connectivity index (χ4n) is 1.59. The third-order valence-corrected chi connectivity index (χ3v) is 2.64. The lowest BCUT2D eigenvalue weighted by atomic mass is 9.73. The second kappa shape index (κ2) is 4.10. The van der Waals surface area contributed by atoms with Crippen molar-refractivity contribution in [3.8, 4) is 0 Å². The highest BCUT2D eigenvalue weighted by Crippen LogP contribution is 2.32. The SMILES string of the molecule is CC[C@H](C)C(CO)C(C)(C)C. The van der Waals surface area contributed by atoms with Crippen molar-refractivity contribution in [3.63, 3.8) is 0 Å². The smallest absolute Gasteiger partial charge is 0.0466 e. The van der Waals surface area contributed by atoms with E-state index in [1.807, 2.05) is 0 Å². The molecular formula is C10H22O. The van der Waals surface area contributed by atoms with Crippen LogP contribution in [0.15, 0.2) is 0 Å². The number of hydrogen-bond donors (Lipinski definition) is 1. The van der Waals surface area contributed by atoms with E-state index >= 15 is 0 Å². The van der Waals surface area contributed by atoms with E-state index in [0.717, 1.165) is 6.42 Å². The molecule has 0 aliphatic heterocycles. The molecule has 1 heteroatoms. The molecule has 0 fully saturated rings. The van der Waals surface area contributed by atoms with Gasteiger partial charge in [0.15, 0.2) is 0 Å². The van der Waals surface area contributed by atoms with Gasteiger partial charge in [0.05, 0.1) is 0 Å². The summed E-state index contributed by atoms with van der Waals surface area (Å²) in [5.74, 6) is 1.06. The van der Waals surface area contributed by atoms with Gasteiger partial charge in [0.2, 0.25) is 0 Å². The zero-order valence-corrected chi connectivity index (χ0v) is 8.52. The molecule has 0 aliphatic carbocycles. The van der Waals surface area contributed by atoms with Crippen LogP contribution in [-0.2, 0) is 0 Å². The predicted molar refractivity (Wildman–Crippen MR) is 49.5 cm³/mol. The van der Waals surface area contributed by atoms with E-state index in [1.54, 1.807) is 0 Å². The minimum atomic E-state index is 0.240. The van der Waals surface area contributed by atoms with E-state index in [4.69, 9.17) is 5.11 Å². The van der Waals surface area contributed by atoms with Crippen LogP contribution in [0.1, 0.15) is 41.0 Å². The highest BCUT2D eigenvalue weighted by molar-refractivity contribution is 4.76. The summed E-state index contributed by atoms with van der Waals surface area (Å²) < 4.78 is 0. The van der Waals surface area contributed by atoms with Crippen molar-refractivity contribution in [2.24, 2.45) is 17.3 Å². The highest BCUT2D eigenvalue weighted by Gasteiger charge is 2.27. The molecule has 0 aliphatic rings. The van der Waals surface area contributed by atoms with Gasteiger partial charge in [0.25, 0.3) is 0 Å². The molecule has 0 saturated carbocycles. The summed E-state index contributed by atoms with van der Waals surface area (Å²) in [4.78, 5) is 0. The Bertz CT molecular complexity index is 102. The molecule has 68 valence electrons. The Morgan fingerprint density at radius 1 is 1.27 bits per heavy atom. The van der Waals surface area contributed by atoms with Crippen LogP contribution in [0.25, 0.3) is 0 Å². The first-order chi connectivity index (χ1) is 4.93. The van der Waals surface area contributed by atoms with Gasteiger partial charge >= 0.3 is 0 Å².